The third-order valence-electron chi connectivity index (χ3n) is 3.76. The Hall–Kier alpha value is -2.85. The number of carbonyl (C=O) groups is 1. The zero-order chi connectivity index (χ0) is 17.3. The van der Waals surface area contributed by atoms with Gasteiger partial charge in [-0.2, -0.15) is 5.26 Å². The van der Waals surface area contributed by atoms with Crippen LogP contribution < -0.4 is 9.04 Å². The van der Waals surface area contributed by atoms with Crippen LogP contribution in [0.5, 0.6) is 5.75 Å². The number of sulfonamides is 1. The van der Waals surface area contributed by atoms with Crippen LogP contribution in [0, 0.1) is 11.3 Å². The van der Waals surface area contributed by atoms with Crippen molar-refractivity contribution < 1.29 is 17.9 Å². The quantitative estimate of drug-likeness (QED) is 0.799. The van der Waals surface area contributed by atoms with E-state index in [2.05, 4.69) is 0 Å². The average Bonchev–Trinajstić information content (AvgIpc) is 2.60. The molecule has 0 unspecified atom stereocenters. The maximum absolute atomic E-state index is 13.0. The first-order chi connectivity index (χ1) is 11.4. The number of benzene rings is 2. The second-order valence-corrected chi connectivity index (χ2v) is 7.10. The molecule has 3 rings (SSSR count). The summed E-state index contributed by atoms with van der Waals surface area (Å²) in [5, 5.41) is 9.19. The topological polar surface area (TPSA) is 87.5 Å². The fraction of sp³-hybridized carbons (Fsp3) is 0.176. The van der Waals surface area contributed by atoms with Gasteiger partial charge >= 0.3 is 0 Å². The molecule has 2 aromatic carbocycles. The van der Waals surface area contributed by atoms with Gasteiger partial charge in [-0.3, -0.25) is 9.10 Å². The van der Waals surface area contributed by atoms with Crippen LogP contribution in [0.15, 0.2) is 47.4 Å². The van der Waals surface area contributed by atoms with Gasteiger partial charge < -0.3 is 4.74 Å². The van der Waals surface area contributed by atoms with Crippen molar-refractivity contribution in [1.29, 1.82) is 5.26 Å². The highest BCUT2D eigenvalue weighted by Gasteiger charge is 2.32. The third kappa shape index (κ3) is 2.61. The molecule has 0 saturated heterocycles. The number of nitriles is 1. The van der Waals surface area contributed by atoms with E-state index >= 15 is 0 Å². The first-order valence-electron chi connectivity index (χ1n) is 7.25. The van der Waals surface area contributed by atoms with E-state index < -0.39 is 10.0 Å². The van der Waals surface area contributed by atoms with Crippen LogP contribution in [-0.4, -0.2) is 27.4 Å². The Morgan fingerprint density at radius 1 is 1.25 bits per heavy atom. The van der Waals surface area contributed by atoms with Crippen LogP contribution >= 0.6 is 0 Å². The molecule has 0 aromatic heterocycles. The number of rotatable bonds is 3. The van der Waals surface area contributed by atoms with E-state index in [1.807, 2.05) is 6.07 Å². The average molecular weight is 342 g/mol. The minimum absolute atomic E-state index is 0.0615. The third-order valence-corrected chi connectivity index (χ3v) is 5.63. The monoisotopic (exact) mass is 342 g/mol. The van der Waals surface area contributed by atoms with E-state index in [1.165, 1.54) is 29.4 Å². The van der Waals surface area contributed by atoms with Gasteiger partial charge in [-0.05, 0) is 37.3 Å². The van der Waals surface area contributed by atoms with Gasteiger partial charge in [-0.15, -0.1) is 0 Å². The van der Waals surface area contributed by atoms with Crippen LogP contribution in [0.2, 0.25) is 0 Å². The molecule has 0 radical (unpaired) electrons. The molecular weight excluding hydrogens is 328 g/mol. The summed E-state index contributed by atoms with van der Waals surface area (Å²) in [4.78, 5) is 11.5. The van der Waals surface area contributed by atoms with Crippen LogP contribution in [0.25, 0.3) is 0 Å². The van der Waals surface area contributed by atoms with Crippen molar-refractivity contribution >= 4 is 21.5 Å². The molecule has 6 nitrogen and oxygen atoms in total. The number of hydrogen-bond donors (Lipinski definition) is 0. The molecule has 122 valence electrons. The van der Waals surface area contributed by atoms with Crippen molar-refractivity contribution in [3.8, 4) is 11.8 Å². The number of Topliss-reactive ketones (excluding diaryl/α,β-unsaturated/α-hetero) is 1. The predicted octanol–water partition coefficient (Wildman–Crippen LogP) is 2.35. The van der Waals surface area contributed by atoms with E-state index in [9.17, 15) is 18.5 Å². The Labute approximate surface area is 139 Å². The van der Waals surface area contributed by atoms with E-state index in [1.54, 1.807) is 24.3 Å². The Morgan fingerprint density at radius 2 is 2.00 bits per heavy atom. The van der Waals surface area contributed by atoms with Crippen molar-refractivity contribution in [1.82, 2.24) is 0 Å². The number of ether oxygens (including phenoxy) is 1. The van der Waals surface area contributed by atoms with Crippen LogP contribution in [0.1, 0.15) is 22.8 Å². The highest BCUT2D eigenvalue weighted by molar-refractivity contribution is 7.93. The maximum atomic E-state index is 13.0. The fourth-order valence-corrected chi connectivity index (χ4v) is 4.16. The van der Waals surface area contributed by atoms with Gasteiger partial charge in [0.1, 0.15) is 23.3 Å². The lowest BCUT2D eigenvalue weighted by atomic mass is 10.1. The van der Waals surface area contributed by atoms with Crippen molar-refractivity contribution in [2.24, 2.45) is 0 Å². The minimum atomic E-state index is -3.94. The summed E-state index contributed by atoms with van der Waals surface area (Å²) in [7, 11) is -3.94. The summed E-state index contributed by atoms with van der Waals surface area (Å²) in [5.41, 5.74) is 0.781. The van der Waals surface area contributed by atoms with Gasteiger partial charge in [0, 0.05) is 5.56 Å². The van der Waals surface area contributed by atoms with Crippen LogP contribution in [0.4, 0.5) is 5.69 Å². The molecule has 0 spiro atoms. The molecule has 7 heteroatoms. The summed E-state index contributed by atoms with van der Waals surface area (Å²) < 4.78 is 32.8. The molecule has 1 heterocycles. The van der Waals surface area contributed by atoms with Gasteiger partial charge in [0.25, 0.3) is 10.0 Å². The zero-order valence-corrected chi connectivity index (χ0v) is 13.7. The van der Waals surface area contributed by atoms with Gasteiger partial charge in [-0.25, -0.2) is 8.42 Å². The van der Waals surface area contributed by atoms with E-state index in [-0.39, 0.29) is 29.4 Å². The Balaban J connectivity index is 2.16. The van der Waals surface area contributed by atoms with Crippen molar-refractivity contribution in [2.75, 3.05) is 17.5 Å². The van der Waals surface area contributed by atoms with Gasteiger partial charge in [0.2, 0.25) is 0 Å². The molecule has 0 atom stereocenters. The van der Waals surface area contributed by atoms with Crippen molar-refractivity contribution in [2.45, 2.75) is 11.8 Å². The molecule has 0 aliphatic carbocycles. The minimum Gasteiger partial charge on any atom is -0.489 e. The second-order valence-electron chi connectivity index (χ2n) is 5.27. The number of hydrogen-bond acceptors (Lipinski definition) is 5. The summed E-state index contributed by atoms with van der Waals surface area (Å²) in [6.07, 6.45) is 0. The Bertz CT molecular complexity index is 961. The molecule has 2 aromatic rings. The number of carbonyl (C=O) groups excluding carboxylic acids is 1. The highest BCUT2D eigenvalue weighted by atomic mass is 32.2. The van der Waals surface area contributed by atoms with Gasteiger partial charge in [0.15, 0.2) is 5.78 Å². The lowest BCUT2D eigenvalue weighted by Gasteiger charge is -2.31. The molecule has 0 fully saturated rings. The predicted molar refractivity (Wildman–Crippen MR) is 87.6 cm³/mol. The van der Waals surface area contributed by atoms with Crippen LogP contribution in [0.3, 0.4) is 0 Å². The molecule has 0 amide bonds. The molecular formula is C17H14N2O4S. The largest absolute Gasteiger partial charge is 0.489 e. The number of fused-ring (bicyclic) bond motifs is 1. The summed E-state index contributed by atoms with van der Waals surface area (Å²) in [5.74, 6) is 0.224. The van der Waals surface area contributed by atoms with E-state index in [4.69, 9.17) is 4.74 Å². The lowest BCUT2D eigenvalue weighted by Crippen LogP contribution is -2.38. The summed E-state index contributed by atoms with van der Waals surface area (Å²) in [6.45, 7) is 1.71. The molecule has 1 aliphatic rings. The van der Waals surface area contributed by atoms with Crippen LogP contribution in [-0.2, 0) is 10.0 Å². The Kier molecular flexibility index (Phi) is 3.99. The molecule has 24 heavy (non-hydrogen) atoms. The first kappa shape index (κ1) is 16.0. The van der Waals surface area contributed by atoms with E-state index in [0.29, 0.717) is 17.0 Å². The molecule has 0 saturated carbocycles. The fourth-order valence-electron chi connectivity index (χ4n) is 2.56. The standard InChI is InChI=1S/C17H14N2O4S/c1-12(20)13-6-7-16-15(10-13)19(8-9-23-16)24(21,22)17-5-3-2-4-14(17)11-18/h2-7,10H,8-9H2,1H3. The van der Waals surface area contributed by atoms with Crippen molar-refractivity contribution in [3.63, 3.8) is 0 Å². The maximum Gasteiger partial charge on any atom is 0.265 e. The number of nitrogens with zero attached hydrogens (tertiary/aromatic N) is 2. The zero-order valence-electron chi connectivity index (χ0n) is 12.9. The van der Waals surface area contributed by atoms with Gasteiger partial charge in [-0.1, -0.05) is 12.1 Å². The number of ketones is 1. The molecule has 1 aliphatic heterocycles. The SMILES string of the molecule is CC(=O)c1ccc2c(c1)N(S(=O)(=O)c1ccccc1C#N)CCO2. The normalized spacial score (nSPS) is 13.6. The summed E-state index contributed by atoms with van der Waals surface area (Å²) >= 11 is 0. The smallest absolute Gasteiger partial charge is 0.265 e. The first-order valence-corrected chi connectivity index (χ1v) is 8.69. The van der Waals surface area contributed by atoms with Crippen molar-refractivity contribution in [3.05, 3.63) is 53.6 Å². The second kappa shape index (κ2) is 5.98. The summed E-state index contributed by atoms with van der Waals surface area (Å²) in [6, 6.07) is 12.6. The Morgan fingerprint density at radius 3 is 2.71 bits per heavy atom. The number of anilines is 1. The lowest BCUT2D eigenvalue weighted by molar-refractivity contribution is 0.101. The highest BCUT2D eigenvalue weighted by Crippen LogP contribution is 2.36. The van der Waals surface area contributed by atoms with E-state index in [0.717, 1.165) is 0 Å². The molecule has 0 bridgehead atoms. The molecule has 0 N–H and O–H groups in total. The van der Waals surface area contributed by atoms with Gasteiger partial charge in [0.05, 0.1) is 17.8 Å².